The van der Waals surface area contributed by atoms with Gasteiger partial charge in [-0.2, -0.15) is 0 Å². The first-order valence-corrected chi connectivity index (χ1v) is 8.19. The first kappa shape index (κ1) is 18.1. The SMILES string of the molecule is CCCNC(Cc1ccccc1F)C(C)(C)N(CC)CC. The number of nitrogens with zero attached hydrogens (tertiary/aromatic N) is 1. The lowest BCUT2D eigenvalue weighted by molar-refractivity contribution is 0.0908. The third-order valence-electron chi connectivity index (χ3n) is 4.45. The molecule has 0 spiro atoms. The van der Waals surface area contributed by atoms with Crippen LogP contribution in [0.25, 0.3) is 0 Å². The maximum Gasteiger partial charge on any atom is 0.126 e. The number of hydrogen-bond acceptors (Lipinski definition) is 2. The largest absolute Gasteiger partial charge is 0.312 e. The fraction of sp³-hybridized carbons (Fsp3) is 0.667. The first-order chi connectivity index (χ1) is 9.97. The molecule has 21 heavy (non-hydrogen) atoms. The second kappa shape index (κ2) is 8.50. The Kier molecular flexibility index (Phi) is 7.33. The molecule has 0 aliphatic carbocycles. The van der Waals surface area contributed by atoms with E-state index < -0.39 is 0 Å². The van der Waals surface area contributed by atoms with Crippen LogP contribution in [-0.4, -0.2) is 36.1 Å². The van der Waals surface area contributed by atoms with Gasteiger partial charge in [0.25, 0.3) is 0 Å². The van der Waals surface area contributed by atoms with Crippen molar-refractivity contribution < 1.29 is 4.39 Å². The summed E-state index contributed by atoms with van der Waals surface area (Å²) in [5.41, 5.74) is 0.785. The number of rotatable bonds is 9. The van der Waals surface area contributed by atoms with Gasteiger partial charge in [-0.1, -0.05) is 39.0 Å². The Labute approximate surface area is 129 Å². The molecule has 1 aromatic carbocycles. The average Bonchev–Trinajstić information content (AvgIpc) is 2.46. The van der Waals surface area contributed by atoms with Crippen LogP contribution >= 0.6 is 0 Å². The van der Waals surface area contributed by atoms with Crippen molar-refractivity contribution >= 4 is 0 Å². The van der Waals surface area contributed by atoms with Gasteiger partial charge in [0.1, 0.15) is 5.82 Å². The third-order valence-corrected chi connectivity index (χ3v) is 4.45. The quantitative estimate of drug-likeness (QED) is 0.744. The van der Waals surface area contributed by atoms with E-state index in [1.807, 2.05) is 12.1 Å². The topological polar surface area (TPSA) is 15.3 Å². The molecule has 0 heterocycles. The summed E-state index contributed by atoms with van der Waals surface area (Å²) >= 11 is 0. The van der Waals surface area contributed by atoms with Crippen LogP contribution in [-0.2, 0) is 6.42 Å². The van der Waals surface area contributed by atoms with Crippen molar-refractivity contribution in [3.05, 3.63) is 35.6 Å². The van der Waals surface area contributed by atoms with Gasteiger partial charge in [0, 0.05) is 11.6 Å². The van der Waals surface area contributed by atoms with E-state index in [1.165, 1.54) is 0 Å². The normalized spacial score (nSPS) is 13.7. The molecular formula is C18H31FN2. The first-order valence-electron chi connectivity index (χ1n) is 8.19. The van der Waals surface area contributed by atoms with Crippen LogP contribution < -0.4 is 5.32 Å². The Morgan fingerprint density at radius 2 is 1.76 bits per heavy atom. The van der Waals surface area contributed by atoms with E-state index in [2.05, 4.69) is 44.8 Å². The van der Waals surface area contributed by atoms with Crippen LogP contribution in [0.2, 0.25) is 0 Å². The molecule has 1 atom stereocenters. The zero-order chi connectivity index (χ0) is 15.9. The highest BCUT2D eigenvalue weighted by atomic mass is 19.1. The molecule has 120 valence electrons. The number of likely N-dealkylation sites (N-methyl/N-ethyl adjacent to an activating group) is 1. The van der Waals surface area contributed by atoms with E-state index in [-0.39, 0.29) is 17.4 Å². The molecule has 0 saturated heterocycles. The minimum absolute atomic E-state index is 0.0129. The van der Waals surface area contributed by atoms with Gasteiger partial charge in [0.15, 0.2) is 0 Å². The van der Waals surface area contributed by atoms with Crippen molar-refractivity contribution in [1.82, 2.24) is 10.2 Å². The van der Waals surface area contributed by atoms with Crippen molar-refractivity contribution in [2.24, 2.45) is 0 Å². The van der Waals surface area contributed by atoms with Gasteiger partial charge in [0.2, 0.25) is 0 Å². The highest BCUT2D eigenvalue weighted by Crippen LogP contribution is 2.23. The van der Waals surface area contributed by atoms with Crippen LogP contribution in [0.15, 0.2) is 24.3 Å². The lowest BCUT2D eigenvalue weighted by Crippen LogP contribution is -2.58. The summed E-state index contributed by atoms with van der Waals surface area (Å²) in [7, 11) is 0. The summed E-state index contributed by atoms with van der Waals surface area (Å²) in [6.45, 7) is 14.0. The molecule has 0 fully saturated rings. The van der Waals surface area contributed by atoms with Crippen LogP contribution in [0, 0.1) is 5.82 Å². The van der Waals surface area contributed by atoms with E-state index in [9.17, 15) is 4.39 Å². The highest BCUT2D eigenvalue weighted by molar-refractivity contribution is 5.19. The monoisotopic (exact) mass is 294 g/mol. The Hall–Kier alpha value is -0.930. The van der Waals surface area contributed by atoms with Crippen molar-refractivity contribution in [3.8, 4) is 0 Å². The number of nitrogens with one attached hydrogen (secondary N) is 1. The lowest BCUT2D eigenvalue weighted by atomic mass is 9.87. The summed E-state index contributed by atoms with van der Waals surface area (Å²) < 4.78 is 14.0. The van der Waals surface area contributed by atoms with Crippen LogP contribution in [0.3, 0.4) is 0 Å². The third kappa shape index (κ3) is 4.79. The Morgan fingerprint density at radius 1 is 1.14 bits per heavy atom. The number of benzene rings is 1. The minimum atomic E-state index is -0.101. The maximum atomic E-state index is 14.0. The molecule has 2 nitrogen and oxygen atoms in total. The molecule has 0 aliphatic heterocycles. The van der Waals surface area contributed by atoms with Crippen molar-refractivity contribution in [2.45, 2.75) is 59.0 Å². The summed E-state index contributed by atoms with van der Waals surface area (Å²) in [5, 5.41) is 3.63. The Bertz CT molecular complexity index is 413. The second-order valence-electron chi connectivity index (χ2n) is 6.13. The van der Waals surface area contributed by atoms with E-state index in [0.717, 1.165) is 38.0 Å². The fourth-order valence-corrected chi connectivity index (χ4v) is 3.03. The number of halogens is 1. The van der Waals surface area contributed by atoms with Crippen LogP contribution in [0.1, 0.15) is 46.6 Å². The highest BCUT2D eigenvalue weighted by Gasteiger charge is 2.33. The molecule has 1 N–H and O–H groups in total. The molecule has 1 rings (SSSR count). The standard InChI is InChI=1S/C18H31FN2/c1-6-13-20-17(18(4,5)21(7-2)8-3)14-15-11-9-10-12-16(15)19/h9-12,17,20H,6-8,13-14H2,1-5H3. The predicted molar refractivity (Wildman–Crippen MR) is 89.2 cm³/mol. The zero-order valence-corrected chi connectivity index (χ0v) is 14.2. The van der Waals surface area contributed by atoms with Gasteiger partial charge < -0.3 is 5.32 Å². The smallest absolute Gasteiger partial charge is 0.126 e. The molecule has 1 aromatic rings. The molecule has 0 radical (unpaired) electrons. The predicted octanol–water partition coefficient (Wildman–Crippen LogP) is 3.86. The molecular weight excluding hydrogens is 263 g/mol. The summed E-state index contributed by atoms with van der Waals surface area (Å²) in [6.07, 6.45) is 1.80. The Balaban J connectivity index is 2.96. The number of hydrogen-bond donors (Lipinski definition) is 1. The van der Waals surface area contributed by atoms with Crippen molar-refractivity contribution in [3.63, 3.8) is 0 Å². The van der Waals surface area contributed by atoms with Crippen molar-refractivity contribution in [1.29, 1.82) is 0 Å². The van der Waals surface area contributed by atoms with Crippen molar-refractivity contribution in [2.75, 3.05) is 19.6 Å². The molecule has 0 saturated carbocycles. The zero-order valence-electron chi connectivity index (χ0n) is 14.2. The van der Waals surface area contributed by atoms with Gasteiger partial charge in [-0.3, -0.25) is 4.90 Å². The molecule has 0 aliphatic rings. The molecule has 3 heteroatoms. The van der Waals surface area contributed by atoms with Gasteiger partial charge in [-0.05, 0) is 58.0 Å². The molecule has 0 aromatic heterocycles. The second-order valence-corrected chi connectivity index (χ2v) is 6.13. The average molecular weight is 294 g/mol. The van der Waals surface area contributed by atoms with Gasteiger partial charge in [-0.15, -0.1) is 0 Å². The lowest BCUT2D eigenvalue weighted by Gasteiger charge is -2.44. The summed E-state index contributed by atoms with van der Waals surface area (Å²) in [6, 6.07) is 7.35. The fourth-order valence-electron chi connectivity index (χ4n) is 3.03. The van der Waals surface area contributed by atoms with Crippen LogP contribution in [0.4, 0.5) is 4.39 Å². The van der Waals surface area contributed by atoms with Gasteiger partial charge >= 0.3 is 0 Å². The summed E-state index contributed by atoms with van der Waals surface area (Å²) in [4.78, 5) is 2.45. The minimum Gasteiger partial charge on any atom is -0.312 e. The van der Waals surface area contributed by atoms with E-state index >= 15 is 0 Å². The molecule has 0 bridgehead atoms. The van der Waals surface area contributed by atoms with Crippen LogP contribution in [0.5, 0.6) is 0 Å². The molecule has 1 unspecified atom stereocenters. The van der Waals surface area contributed by atoms with E-state index in [0.29, 0.717) is 0 Å². The van der Waals surface area contributed by atoms with Gasteiger partial charge in [0.05, 0.1) is 0 Å². The molecule has 0 amide bonds. The van der Waals surface area contributed by atoms with E-state index in [4.69, 9.17) is 0 Å². The van der Waals surface area contributed by atoms with E-state index in [1.54, 1.807) is 12.1 Å². The Morgan fingerprint density at radius 3 is 2.29 bits per heavy atom. The maximum absolute atomic E-state index is 14.0. The van der Waals surface area contributed by atoms with Gasteiger partial charge in [-0.25, -0.2) is 4.39 Å². The summed E-state index contributed by atoms with van der Waals surface area (Å²) in [5.74, 6) is -0.101.